The lowest BCUT2D eigenvalue weighted by molar-refractivity contribution is 0.460. The van der Waals surface area contributed by atoms with Gasteiger partial charge in [-0.15, -0.1) is 0 Å². The number of fused-ring (bicyclic) bond motifs is 7. The summed E-state index contributed by atoms with van der Waals surface area (Å²) in [5.74, 6) is 1.51. The first-order valence-corrected chi connectivity index (χ1v) is 11.1. The molecule has 148 valence electrons. The van der Waals surface area contributed by atoms with Gasteiger partial charge in [-0.1, -0.05) is 42.6 Å². The Bertz CT molecular complexity index is 1190. The van der Waals surface area contributed by atoms with Gasteiger partial charge in [-0.3, -0.25) is 9.36 Å². The first-order chi connectivity index (χ1) is 14.2. The summed E-state index contributed by atoms with van der Waals surface area (Å²) < 4.78 is 2.24. The molecule has 1 saturated heterocycles. The van der Waals surface area contributed by atoms with Crippen LogP contribution in [0, 0.1) is 0 Å². The maximum Gasteiger partial charge on any atom is 0.282 e. The van der Waals surface area contributed by atoms with Gasteiger partial charge in [-0.25, -0.2) is 0 Å². The summed E-state index contributed by atoms with van der Waals surface area (Å²) in [5.41, 5.74) is 4.51. The second kappa shape index (κ2) is 6.41. The predicted octanol–water partition coefficient (Wildman–Crippen LogP) is 4.68. The molecule has 0 unspecified atom stereocenters. The molecule has 0 radical (unpaired) electrons. The van der Waals surface area contributed by atoms with Gasteiger partial charge in [0.1, 0.15) is 5.82 Å². The van der Waals surface area contributed by atoms with E-state index < -0.39 is 0 Å². The fourth-order valence-electron chi connectivity index (χ4n) is 5.93. The van der Waals surface area contributed by atoms with E-state index in [-0.39, 0.29) is 11.0 Å². The first-order valence-electron chi connectivity index (χ1n) is 10.8. The number of aromatic nitrogens is 2. The Morgan fingerprint density at radius 1 is 1.10 bits per heavy atom. The van der Waals surface area contributed by atoms with Crippen LogP contribution in [0.2, 0.25) is 5.02 Å². The third kappa shape index (κ3) is 2.42. The number of nitrogens with zero attached hydrogens (tertiary/aromatic N) is 2. The van der Waals surface area contributed by atoms with Gasteiger partial charge >= 0.3 is 0 Å². The lowest BCUT2D eigenvalue weighted by atomic mass is 9.78. The van der Waals surface area contributed by atoms with Crippen molar-refractivity contribution < 1.29 is 0 Å². The number of hydrogen-bond acceptors (Lipinski definition) is 3. The fourth-order valence-corrected chi connectivity index (χ4v) is 6.18. The van der Waals surface area contributed by atoms with Crippen LogP contribution in [-0.4, -0.2) is 22.6 Å². The van der Waals surface area contributed by atoms with Crippen LogP contribution in [-0.2, 0) is 5.41 Å². The van der Waals surface area contributed by atoms with Crippen LogP contribution in [0.5, 0.6) is 0 Å². The molecule has 3 aliphatic rings. The van der Waals surface area contributed by atoms with Crippen molar-refractivity contribution in [1.82, 2.24) is 14.9 Å². The van der Waals surface area contributed by atoms with Crippen LogP contribution in [0.3, 0.4) is 0 Å². The van der Waals surface area contributed by atoms with Gasteiger partial charge in [-0.2, -0.15) is 4.98 Å². The Hall–Kier alpha value is -2.17. The average molecular weight is 406 g/mol. The van der Waals surface area contributed by atoms with Crippen molar-refractivity contribution in [2.75, 3.05) is 13.1 Å². The van der Waals surface area contributed by atoms with Crippen molar-refractivity contribution in [1.29, 1.82) is 0 Å². The van der Waals surface area contributed by atoms with Gasteiger partial charge in [0.2, 0.25) is 0 Å². The zero-order chi connectivity index (χ0) is 19.6. The van der Waals surface area contributed by atoms with E-state index in [0.717, 1.165) is 37.3 Å². The second-order valence-electron chi connectivity index (χ2n) is 8.80. The minimum atomic E-state index is -0.200. The Labute approximate surface area is 174 Å². The van der Waals surface area contributed by atoms with Crippen molar-refractivity contribution in [3.05, 3.63) is 68.7 Å². The average Bonchev–Trinajstić information content (AvgIpc) is 3.34. The third-order valence-electron chi connectivity index (χ3n) is 7.34. The monoisotopic (exact) mass is 405 g/mol. The van der Waals surface area contributed by atoms with Crippen LogP contribution in [0.25, 0.3) is 16.6 Å². The number of benzene rings is 2. The maximum atomic E-state index is 12.9. The zero-order valence-corrected chi connectivity index (χ0v) is 17.1. The molecule has 1 N–H and O–H groups in total. The Morgan fingerprint density at radius 3 is 2.69 bits per heavy atom. The SMILES string of the molecule is O=c1nc2n(c3cccc(Cl)c13)-c1cc(C3CCNCC3)ccc1C21CCCC1. The highest BCUT2D eigenvalue weighted by molar-refractivity contribution is 6.35. The molecule has 6 rings (SSSR count). The van der Waals surface area contributed by atoms with Gasteiger partial charge in [0, 0.05) is 0 Å². The van der Waals surface area contributed by atoms with Crippen LogP contribution in [0.4, 0.5) is 0 Å². The molecule has 4 nitrogen and oxygen atoms in total. The van der Waals surface area contributed by atoms with E-state index in [1.807, 2.05) is 12.1 Å². The summed E-state index contributed by atoms with van der Waals surface area (Å²) in [6.07, 6.45) is 6.83. The van der Waals surface area contributed by atoms with Gasteiger partial charge in [0.05, 0.1) is 27.0 Å². The van der Waals surface area contributed by atoms with E-state index in [0.29, 0.717) is 16.3 Å². The molecule has 0 bridgehead atoms. The molecule has 3 aromatic rings. The van der Waals surface area contributed by atoms with Crippen molar-refractivity contribution in [2.24, 2.45) is 0 Å². The highest BCUT2D eigenvalue weighted by Gasteiger charge is 2.47. The largest absolute Gasteiger partial charge is 0.317 e. The van der Waals surface area contributed by atoms with Crippen molar-refractivity contribution in [3.63, 3.8) is 0 Å². The standard InChI is InChI=1S/C24H24ClN3O/c25-18-4-3-5-19-21(18)22(29)27-23-24(10-1-2-11-24)17-7-6-16(14-20(17)28(19)23)15-8-12-26-13-9-15/h3-7,14-15,26H,1-2,8-13H2. The molecule has 1 aliphatic carbocycles. The molecular weight excluding hydrogens is 382 g/mol. The normalized spacial score (nSPS) is 20.3. The number of nitrogens with one attached hydrogen (secondary N) is 1. The topological polar surface area (TPSA) is 46.9 Å². The quantitative estimate of drug-likeness (QED) is 0.639. The molecule has 0 amide bonds. The Kier molecular flexibility index (Phi) is 3.91. The highest BCUT2D eigenvalue weighted by Crippen LogP contribution is 2.53. The number of halogens is 1. The van der Waals surface area contributed by atoms with Gasteiger partial charge in [0.25, 0.3) is 5.56 Å². The lowest BCUT2D eigenvalue weighted by Crippen LogP contribution is -2.27. The van der Waals surface area contributed by atoms with Gasteiger partial charge in [0.15, 0.2) is 0 Å². The smallest absolute Gasteiger partial charge is 0.282 e. The minimum absolute atomic E-state index is 0.127. The molecule has 3 heterocycles. The van der Waals surface area contributed by atoms with Gasteiger partial charge in [-0.05, 0) is 74.0 Å². The van der Waals surface area contributed by atoms with E-state index in [9.17, 15) is 4.79 Å². The molecule has 29 heavy (non-hydrogen) atoms. The molecule has 2 aliphatic heterocycles. The summed E-state index contributed by atoms with van der Waals surface area (Å²) in [6, 6.07) is 12.8. The van der Waals surface area contributed by atoms with E-state index >= 15 is 0 Å². The summed E-state index contributed by atoms with van der Waals surface area (Å²) in [6.45, 7) is 2.16. The molecule has 1 aromatic heterocycles. The molecule has 2 aromatic carbocycles. The summed E-state index contributed by atoms with van der Waals surface area (Å²) >= 11 is 6.44. The molecule has 5 heteroatoms. The summed E-state index contributed by atoms with van der Waals surface area (Å²) in [7, 11) is 0. The molecule has 2 fully saturated rings. The molecule has 1 saturated carbocycles. The molecular formula is C24H24ClN3O. The lowest BCUT2D eigenvalue weighted by Gasteiger charge is -2.25. The second-order valence-corrected chi connectivity index (χ2v) is 9.21. The number of hydrogen-bond donors (Lipinski definition) is 1. The number of piperidine rings is 1. The van der Waals surface area contributed by atoms with Gasteiger partial charge < -0.3 is 5.32 Å². The van der Waals surface area contributed by atoms with E-state index in [1.54, 1.807) is 6.07 Å². The fraction of sp³-hybridized carbons (Fsp3) is 0.417. The Morgan fingerprint density at radius 2 is 1.90 bits per heavy atom. The highest BCUT2D eigenvalue weighted by atomic mass is 35.5. The first kappa shape index (κ1) is 17.7. The van der Waals surface area contributed by atoms with Crippen LogP contribution < -0.4 is 10.9 Å². The number of rotatable bonds is 1. The summed E-state index contributed by atoms with van der Waals surface area (Å²) in [4.78, 5) is 17.6. The van der Waals surface area contributed by atoms with Crippen molar-refractivity contribution in [2.45, 2.75) is 49.9 Å². The third-order valence-corrected chi connectivity index (χ3v) is 7.65. The van der Waals surface area contributed by atoms with Crippen LogP contribution >= 0.6 is 11.6 Å². The maximum absolute atomic E-state index is 12.9. The zero-order valence-electron chi connectivity index (χ0n) is 16.4. The molecule has 1 spiro atoms. The van der Waals surface area contributed by atoms with Crippen LogP contribution in [0.1, 0.15) is 61.4 Å². The Balaban J connectivity index is 1.66. The van der Waals surface area contributed by atoms with Crippen LogP contribution in [0.15, 0.2) is 41.2 Å². The van der Waals surface area contributed by atoms with E-state index in [4.69, 9.17) is 11.6 Å². The summed E-state index contributed by atoms with van der Waals surface area (Å²) in [5, 5.41) is 4.48. The minimum Gasteiger partial charge on any atom is -0.317 e. The molecule has 0 atom stereocenters. The predicted molar refractivity (Wildman–Crippen MR) is 116 cm³/mol. The van der Waals surface area contributed by atoms with E-state index in [2.05, 4.69) is 33.1 Å². The van der Waals surface area contributed by atoms with Crippen molar-refractivity contribution in [3.8, 4) is 5.69 Å². The van der Waals surface area contributed by atoms with E-state index in [1.165, 1.54) is 42.5 Å². The van der Waals surface area contributed by atoms with Crippen molar-refractivity contribution >= 4 is 22.5 Å².